The number of nitrogens with one attached hydrogen (secondary N) is 3. The van der Waals surface area contributed by atoms with Crippen LogP contribution in [0.1, 0.15) is 13.3 Å². The van der Waals surface area contributed by atoms with E-state index in [1.165, 1.54) is 0 Å². The van der Waals surface area contributed by atoms with Gasteiger partial charge >= 0.3 is 0 Å². The average Bonchev–Trinajstić information content (AvgIpc) is 2.15. The fraction of sp³-hybridized carbons (Fsp3) is 0.750. The van der Waals surface area contributed by atoms with E-state index in [-0.39, 0.29) is 0 Å². The summed E-state index contributed by atoms with van der Waals surface area (Å²) in [7, 11) is 1.86. The predicted octanol–water partition coefficient (Wildman–Crippen LogP) is -0.0482. The molecule has 0 aromatic heterocycles. The zero-order valence-corrected chi connectivity index (χ0v) is 7.74. The van der Waals surface area contributed by atoms with E-state index < -0.39 is 0 Å². The third-order valence-electron chi connectivity index (χ3n) is 1.66. The molecule has 0 radical (unpaired) electrons. The van der Waals surface area contributed by atoms with Crippen LogP contribution in [0.25, 0.3) is 0 Å². The van der Waals surface area contributed by atoms with Crippen LogP contribution < -0.4 is 16.0 Å². The summed E-state index contributed by atoms with van der Waals surface area (Å²) in [5, 5.41) is 9.48. The highest BCUT2D eigenvalue weighted by molar-refractivity contribution is 5.04. The summed E-state index contributed by atoms with van der Waals surface area (Å²) in [4.78, 5) is 0. The summed E-state index contributed by atoms with van der Waals surface area (Å²) >= 11 is 0. The molecule has 0 aromatic rings. The van der Waals surface area contributed by atoms with Gasteiger partial charge < -0.3 is 20.7 Å². The molecule has 4 nitrogen and oxygen atoms in total. The Hall–Kier alpha value is -1.06. The maximum atomic E-state index is 5.38. The lowest BCUT2D eigenvalue weighted by Crippen LogP contribution is -2.38. The van der Waals surface area contributed by atoms with Gasteiger partial charge in [0.1, 0.15) is 6.61 Å². The number of hydrogen-bond donors (Lipinski definition) is 3. The number of hydrogen-bond acceptors (Lipinski definition) is 4. The lowest BCUT2D eigenvalue weighted by atomic mass is 10.4. The van der Waals surface area contributed by atoms with Gasteiger partial charge in [-0.1, -0.05) is 6.92 Å². The standard InChI is InChI=1S/C8H17N3O/c1-3-4-10-7-8(9-2)12-6-5-11-7/h9-11H,3-6H2,1-2H3. The van der Waals surface area contributed by atoms with Crippen molar-refractivity contribution in [1.82, 2.24) is 16.0 Å². The first-order chi connectivity index (χ1) is 5.88. The van der Waals surface area contributed by atoms with E-state index in [2.05, 4.69) is 22.9 Å². The third kappa shape index (κ3) is 2.22. The van der Waals surface area contributed by atoms with E-state index in [0.717, 1.165) is 37.8 Å². The first-order valence-corrected chi connectivity index (χ1v) is 4.41. The first-order valence-electron chi connectivity index (χ1n) is 4.41. The van der Waals surface area contributed by atoms with Gasteiger partial charge in [0.15, 0.2) is 5.82 Å². The SMILES string of the molecule is CCCNC1=C(NC)OCCN1. The molecule has 0 amide bonds. The summed E-state index contributed by atoms with van der Waals surface area (Å²) in [5.41, 5.74) is 0. The Labute approximate surface area is 73.4 Å². The van der Waals surface area contributed by atoms with Crippen LogP contribution in [-0.4, -0.2) is 26.7 Å². The van der Waals surface area contributed by atoms with Crippen LogP contribution in [0, 0.1) is 0 Å². The Morgan fingerprint density at radius 2 is 2.42 bits per heavy atom. The molecule has 1 aliphatic rings. The van der Waals surface area contributed by atoms with Crippen LogP contribution in [0.5, 0.6) is 0 Å². The Balaban J connectivity index is 2.48. The molecule has 0 aromatic carbocycles. The number of rotatable bonds is 4. The van der Waals surface area contributed by atoms with Crippen LogP contribution >= 0.6 is 0 Å². The van der Waals surface area contributed by atoms with Gasteiger partial charge in [-0.15, -0.1) is 0 Å². The van der Waals surface area contributed by atoms with Gasteiger partial charge in [0.2, 0.25) is 5.88 Å². The maximum Gasteiger partial charge on any atom is 0.228 e. The highest BCUT2D eigenvalue weighted by Gasteiger charge is 2.10. The predicted molar refractivity (Wildman–Crippen MR) is 48.3 cm³/mol. The molecule has 0 saturated heterocycles. The zero-order chi connectivity index (χ0) is 8.81. The van der Waals surface area contributed by atoms with Gasteiger partial charge in [-0.2, -0.15) is 0 Å². The Kier molecular flexibility index (Phi) is 3.57. The topological polar surface area (TPSA) is 45.3 Å². The molecule has 3 N–H and O–H groups in total. The second kappa shape index (κ2) is 4.74. The summed E-state index contributed by atoms with van der Waals surface area (Å²) < 4.78 is 5.38. The van der Waals surface area contributed by atoms with E-state index in [0.29, 0.717) is 0 Å². The molecule has 70 valence electrons. The van der Waals surface area contributed by atoms with Crippen molar-refractivity contribution in [2.75, 3.05) is 26.7 Å². The maximum absolute atomic E-state index is 5.38. The zero-order valence-electron chi connectivity index (χ0n) is 7.74. The van der Waals surface area contributed by atoms with Crippen molar-refractivity contribution >= 4 is 0 Å². The quantitative estimate of drug-likeness (QED) is 0.555. The Bertz CT molecular complexity index is 168. The smallest absolute Gasteiger partial charge is 0.228 e. The molecule has 0 atom stereocenters. The first kappa shape index (κ1) is 9.03. The monoisotopic (exact) mass is 171 g/mol. The van der Waals surface area contributed by atoms with Crippen molar-refractivity contribution in [2.45, 2.75) is 13.3 Å². The average molecular weight is 171 g/mol. The lowest BCUT2D eigenvalue weighted by molar-refractivity contribution is 0.169. The molecule has 0 fully saturated rings. The summed E-state index contributed by atoms with van der Waals surface area (Å²) in [5.74, 6) is 1.79. The van der Waals surface area contributed by atoms with Crippen molar-refractivity contribution in [3.63, 3.8) is 0 Å². The van der Waals surface area contributed by atoms with Crippen molar-refractivity contribution < 1.29 is 4.74 Å². The molecule has 1 heterocycles. The van der Waals surface area contributed by atoms with E-state index in [1.54, 1.807) is 0 Å². The summed E-state index contributed by atoms with van der Waals surface area (Å²) in [6.45, 7) is 4.71. The van der Waals surface area contributed by atoms with Crippen molar-refractivity contribution in [1.29, 1.82) is 0 Å². The van der Waals surface area contributed by atoms with Crippen LogP contribution in [0.4, 0.5) is 0 Å². The molecule has 0 bridgehead atoms. The van der Waals surface area contributed by atoms with Crippen LogP contribution in [-0.2, 0) is 4.74 Å². The highest BCUT2D eigenvalue weighted by atomic mass is 16.5. The van der Waals surface area contributed by atoms with Gasteiger partial charge in [0.05, 0.1) is 6.54 Å². The molecular weight excluding hydrogens is 154 g/mol. The lowest BCUT2D eigenvalue weighted by Gasteiger charge is -2.23. The molecule has 0 unspecified atom stereocenters. The van der Waals surface area contributed by atoms with E-state index >= 15 is 0 Å². The summed E-state index contributed by atoms with van der Waals surface area (Å²) in [6.07, 6.45) is 1.11. The molecule has 1 rings (SSSR count). The molecule has 0 spiro atoms. The van der Waals surface area contributed by atoms with Gasteiger partial charge in [-0.3, -0.25) is 0 Å². The second-order valence-electron chi connectivity index (χ2n) is 2.66. The molecule has 4 heteroatoms. The minimum atomic E-state index is 0.730. The minimum Gasteiger partial charge on any atom is -0.475 e. The van der Waals surface area contributed by atoms with E-state index in [9.17, 15) is 0 Å². The largest absolute Gasteiger partial charge is 0.475 e. The van der Waals surface area contributed by atoms with Gasteiger partial charge in [-0.25, -0.2) is 0 Å². The van der Waals surface area contributed by atoms with Crippen molar-refractivity contribution in [3.05, 3.63) is 11.7 Å². The molecule has 1 aliphatic heterocycles. The summed E-state index contributed by atoms with van der Waals surface area (Å²) in [6, 6.07) is 0. The third-order valence-corrected chi connectivity index (χ3v) is 1.66. The molecular formula is C8H17N3O. The fourth-order valence-corrected chi connectivity index (χ4v) is 1.07. The normalized spacial score (nSPS) is 16.5. The van der Waals surface area contributed by atoms with Gasteiger partial charge in [0.25, 0.3) is 0 Å². The van der Waals surface area contributed by atoms with E-state index in [1.807, 2.05) is 7.05 Å². The van der Waals surface area contributed by atoms with Crippen LogP contribution in [0.2, 0.25) is 0 Å². The highest BCUT2D eigenvalue weighted by Crippen LogP contribution is 2.01. The second-order valence-corrected chi connectivity index (χ2v) is 2.66. The fourth-order valence-electron chi connectivity index (χ4n) is 1.07. The molecule has 0 aliphatic carbocycles. The van der Waals surface area contributed by atoms with Crippen LogP contribution in [0.15, 0.2) is 11.7 Å². The Morgan fingerprint density at radius 3 is 3.08 bits per heavy atom. The Morgan fingerprint density at radius 1 is 1.58 bits per heavy atom. The van der Waals surface area contributed by atoms with Gasteiger partial charge in [0, 0.05) is 13.6 Å². The van der Waals surface area contributed by atoms with Crippen LogP contribution in [0.3, 0.4) is 0 Å². The molecule has 0 saturated carbocycles. The minimum absolute atomic E-state index is 0.730. The van der Waals surface area contributed by atoms with Gasteiger partial charge in [-0.05, 0) is 6.42 Å². The van der Waals surface area contributed by atoms with E-state index in [4.69, 9.17) is 4.74 Å². The number of ether oxygens (including phenoxy) is 1. The van der Waals surface area contributed by atoms with Crippen molar-refractivity contribution in [3.8, 4) is 0 Å². The van der Waals surface area contributed by atoms with Crippen molar-refractivity contribution in [2.24, 2.45) is 0 Å². The molecule has 12 heavy (non-hydrogen) atoms.